The number of allylic oxidation sites excluding steroid dienone is 1. The number of pyridine rings is 1. The quantitative estimate of drug-likeness (QED) is 0.389. The summed E-state index contributed by atoms with van der Waals surface area (Å²) < 4.78 is 28.3. The highest BCUT2D eigenvalue weighted by Crippen LogP contribution is 2.31. The lowest BCUT2D eigenvalue weighted by molar-refractivity contribution is -0.429. The zero-order valence-electron chi connectivity index (χ0n) is 14.8. The van der Waals surface area contributed by atoms with Gasteiger partial charge in [0, 0.05) is 11.6 Å². The maximum atomic E-state index is 12.9. The molecule has 142 valence electrons. The molecule has 3 N–H and O–H groups in total. The number of anilines is 1. The molecule has 0 radical (unpaired) electrons. The number of sulfonamides is 1. The van der Waals surface area contributed by atoms with Crippen LogP contribution in [-0.4, -0.2) is 38.1 Å². The summed E-state index contributed by atoms with van der Waals surface area (Å²) in [7, 11) is -0.909. The van der Waals surface area contributed by atoms with Gasteiger partial charge in [0.25, 0.3) is 15.7 Å². The zero-order chi connectivity index (χ0) is 19.7. The molecule has 0 bridgehead atoms. The van der Waals surface area contributed by atoms with Crippen molar-refractivity contribution in [1.29, 1.82) is 0 Å². The van der Waals surface area contributed by atoms with Gasteiger partial charge >= 0.3 is 0 Å². The molecule has 0 atom stereocenters. The van der Waals surface area contributed by atoms with Crippen LogP contribution >= 0.6 is 0 Å². The molecule has 1 aromatic carbocycles. The van der Waals surface area contributed by atoms with Gasteiger partial charge in [-0.25, -0.2) is 8.42 Å². The van der Waals surface area contributed by atoms with Crippen molar-refractivity contribution in [1.82, 2.24) is 15.6 Å². The normalized spacial score (nSPS) is 16.5. The van der Waals surface area contributed by atoms with E-state index in [0.29, 0.717) is 5.52 Å². The molecule has 0 saturated heterocycles. The Morgan fingerprint density at radius 2 is 1.89 bits per heavy atom. The van der Waals surface area contributed by atoms with E-state index in [1.54, 1.807) is 56.7 Å². The summed E-state index contributed by atoms with van der Waals surface area (Å²) in [5.41, 5.74) is -0.563. The van der Waals surface area contributed by atoms with Gasteiger partial charge < -0.3 is 0 Å². The Labute approximate surface area is 156 Å². The second-order valence-electron chi connectivity index (χ2n) is 6.04. The van der Waals surface area contributed by atoms with Crippen molar-refractivity contribution in [2.24, 2.45) is 0 Å². The number of hydrogen-bond donors (Lipinski definition) is 3. The molecular formula is C17H19N5O4S. The Balaban J connectivity index is 2.05. The minimum atomic E-state index is -4.18. The lowest BCUT2D eigenvalue weighted by atomic mass is 9.98. The van der Waals surface area contributed by atoms with Gasteiger partial charge in [-0.2, -0.15) is 0 Å². The van der Waals surface area contributed by atoms with E-state index in [9.17, 15) is 18.5 Å². The van der Waals surface area contributed by atoms with Crippen molar-refractivity contribution in [3.05, 3.63) is 69.4 Å². The summed E-state index contributed by atoms with van der Waals surface area (Å²) in [6, 6.07) is 8.60. The molecule has 0 aliphatic heterocycles. The minimum absolute atomic E-state index is 0.131. The SMILES string of the molecule is CNC1(NC)C=CC(S(=O)(=O)Nc2cccc3cccnc23)=C([N+](=O)[O-])C1. The van der Waals surface area contributed by atoms with E-state index >= 15 is 0 Å². The van der Waals surface area contributed by atoms with Gasteiger partial charge in [0.15, 0.2) is 4.91 Å². The molecule has 0 saturated carbocycles. The van der Waals surface area contributed by atoms with Crippen molar-refractivity contribution in [3.63, 3.8) is 0 Å². The van der Waals surface area contributed by atoms with Crippen LogP contribution < -0.4 is 15.4 Å². The second-order valence-corrected chi connectivity index (χ2v) is 7.69. The summed E-state index contributed by atoms with van der Waals surface area (Å²) in [4.78, 5) is 14.7. The average molecular weight is 389 g/mol. The van der Waals surface area contributed by atoms with E-state index in [4.69, 9.17) is 0 Å². The van der Waals surface area contributed by atoms with Crippen molar-refractivity contribution in [2.45, 2.75) is 12.1 Å². The number of likely N-dealkylation sites (N-methyl/N-ethyl adjacent to an activating group) is 2. The number of nitrogens with one attached hydrogen (secondary N) is 3. The largest absolute Gasteiger partial charge is 0.299 e. The van der Waals surface area contributed by atoms with E-state index in [1.807, 2.05) is 0 Å². The van der Waals surface area contributed by atoms with Crippen LogP contribution in [0.5, 0.6) is 0 Å². The third-order valence-electron chi connectivity index (χ3n) is 4.53. The molecule has 3 rings (SSSR count). The molecule has 2 aromatic rings. The molecule has 1 heterocycles. The third kappa shape index (κ3) is 3.54. The summed E-state index contributed by atoms with van der Waals surface area (Å²) in [6.45, 7) is 0. The van der Waals surface area contributed by atoms with Gasteiger partial charge in [-0.05, 0) is 38.4 Å². The lowest BCUT2D eigenvalue weighted by Gasteiger charge is -2.31. The average Bonchev–Trinajstić information content (AvgIpc) is 2.67. The molecule has 0 spiro atoms. The Morgan fingerprint density at radius 3 is 2.56 bits per heavy atom. The first-order valence-corrected chi connectivity index (χ1v) is 9.61. The van der Waals surface area contributed by atoms with Crippen LogP contribution in [0.4, 0.5) is 5.69 Å². The van der Waals surface area contributed by atoms with Crippen LogP contribution in [0, 0.1) is 10.1 Å². The van der Waals surface area contributed by atoms with E-state index in [-0.39, 0.29) is 17.0 Å². The second kappa shape index (κ2) is 7.06. The molecule has 0 amide bonds. The first kappa shape index (κ1) is 19.0. The van der Waals surface area contributed by atoms with E-state index in [2.05, 4.69) is 20.3 Å². The molecule has 9 nitrogen and oxygen atoms in total. The zero-order valence-corrected chi connectivity index (χ0v) is 15.6. The van der Waals surface area contributed by atoms with Gasteiger partial charge in [0.05, 0.1) is 28.2 Å². The maximum Gasteiger partial charge on any atom is 0.270 e. The van der Waals surface area contributed by atoms with Crippen LogP contribution in [0.15, 0.2) is 59.3 Å². The number of para-hydroxylation sites is 1. The standard InChI is InChI=1S/C17H19N5O4S/c1-18-17(19-2)9-8-15(14(11-17)22(23)24)27(25,26)21-13-7-3-5-12-6-4-10-20-16(12)13/h3-10,18-19,21H,11H2,1-2H3. The fourth-order valence-electron chi connectivity index (χ4n) is 2.98. The lowest BCUT2D eigenvalue weighted by Crippen LogP contribution is -2.54. The minimum Gasteiger partial charge on any atom is -0.299 e. The molecule has 1 aliphatic carbocycles. The van der Waals surface area contributed by atoms with E-state index in [0.717, 1.165) is 5.39 Å². The third-order valence-corrected chi connectivity index (χ3v) is 5.97. The topological polar surface area (TPSA) is 126 Å². The van der Waals surface area contributed by atoms with Gasteiger partial charge in [0.1, 0.15) is 0 Å². The van der Waals surface area contributed by atoms with E-state index < -0.39 is 26.3 Å². The highest BCUT2D eigenvalue weighted by molar-refractivity contribution is 7.96. The summed E-state index contributed by atoms with van der Waals surface area (Å²) >= 11 is 0. The molecule has 0 unspecified atom stereocenters. The van der Waals surface area contributed by atoms with Gasteiger partial charge in [0.2, 0.25) is 0 Å². The predicted molar refractivity (Wildman–Crippen MR) is 103 cm³/mol. The molecule has 27 heavy (non-hydrogen) atoms. The fraction of sp³-hybridized carbons (Fsp3) is 0.235. The molecule has 10 heteroatoms. The van der Waals surface area contributed by atoms with E-state index in [1.165, 1.54) is 6.08 Å². The fourth-order valence-corrected chi connectivity index (χ4v) is 4.25. The predicted octanol–water partition coefficient (Wildman–Crippen LogP) is 1.56. The molecule has 1 aliphatic rings. The van der Waals surface area contributed by atoms with Crippen LogP contribution in [0.1, 0.15) is 6.42 Å². The first-order chi connectivity index (χ1) is 12.8. The van der Waals surface area contributed by atoms with Gasteiger partial charge in [-0.15, -0.1) is 0 Å². The summed E-state index contributed by atoms with van der Waals surface area (Å²) in [5, 5.41) is 18.2. The number of hydrogen-bond acceptors (Lipinski definition) is 7. The smallest absolute Gasteiger partial charge is 0.270 e. The molecule has 1 aromatic heterocycles. The van der Waals surface area contributed by atoms with Gasteiger partial charge in [-0.3, -0.25) is 30.5 Å². The number of fused-ring (bicyclic) bond motifs is 1. The van der Waals surface area contributed by atoms with Crippen LogP contribution in [0.3, 0.4) is 0 Å². The number of rotatable bonds is 6. The summed E-state index contributed by atoms with van der Waals surface area (Å²) in [5.74, 6) is 0. The number of nitro groups is 1. The van der Waals surface area contributed by atoms with Crippen molar-refractivity contribution >= 4 is 26.6 Å². The maximum absolute atomic E-state index is 12.9. The van der Waals surface area contributed by atoms with Crippen molar-refractivity contribution < 1.29 is 13.3 Å². The highest BCUT2D eigenvalue weighted by Gasteiger charge is 2.39. The highest BCUT2D eigenvalue weighted by atomic mass is 32.2. The Kier molecular flexibility index (Phi) is 4.96. The molecular weight excluding hydrogens is 370 g/mol. The van der Waals surface area contributed by atoms with Crippen molar-refractivity contribution in [2.75, 3.05) is 18.8 Å². The number of aromatic nitrogens is 1. The first-order valence-electron chi connectivity index (χ1n) is 8.13. The summed E-state index contributed by atoms with van der Waals surface area (Å²) in [6.07, 6.45) is 4.23. The van der Waals surface area contributed by atoms with Crippen LogP contribution in [0.2, 0.25) is 0 Å². The molecule has 0 fully saturated rings. The Bertz CT molecular complexity index is 1050. The monoisotopic (exact) mass is 389 g/mol. The Morgan fingerprint density at radius 1 is 1.19 bits per heavy atom. The van der Waals surface area contributed by atoms with Gasteiger partial charge in [-0.1, -0.05) is 18.2 Å². The number of benzene rings is 1. The number of nitrogens with zero attached hydrogens (tertiary/aromatic N) is 2. The Hall–Kier alpha value is -2.82. The van der Waals surface area contributed by atoms with Crippen molar-refractivity contribution in [3.8, 4) is 0 Å². The van der Waals surface area contributed by atoms with Crippen LogP contribution in [-0.2, 0) is 10.0 Å². The van der Waals surface area contributed by atoms with Crippen LogP contribution in [0.25, 0.3) is 10.9 Å².